The lowest BCUT2D eigenvalue weighted by atomic mass is 9.94. The zero-order valence-corrected chi connectivity index (χ0v) is 12.8. The molecule has 2 aromatic rings. The Labute approximate surface area is 119 Å². The van der Waals surface area contributed by atoms with Crippen LogP contribution in [0.15, 0.2) is 29.8 Å². The molecule has 3 heteroatoms. The van der Waals surface area contributed by atoms with Crippen molar-refractivity contribution in [3.05, 3.63) is 51.5 Å². The van der Waals surface area contributed by atoms with Crippen LogP contribution in [0.4, 0.5) is 0 Å². The van der Waals surface area contributed by atoms with Gasteiger partial charge in [0, 0.05) is 24.0 Å². The topological polar surface area (TPSA) is 24.9 Å². The number of thiazole rings is 1. The maximum atomic E-state index is 4.43. The Morgan fingerprint density at radius 2 is 2.00 bits per heavy atom. The molecule has 1 atom stereocenters. The van der Waals surface area contributed by atoms with Crippen LogP contribution in [0, 0.1) is 13.8 Å². The number of benzene rings is 1. The van der Waals surface area contributed by atoms with Gasteiger partial charge in [-0.1, -0.05) is 25.1 Å². The molecule has 0 aliphatic heterocycles. The molecule has 2 rings (SSSR count). The fourth-order valence-electron chi connectivity index (χ4n) is 2.50. The average Bonchev–Trinajstić information content (AvgIpc) is 2.88. The fourth-order valence-corrected chi connectivity index (χ4v) is 3.16. The van der Waals surface area contributed by atoms with Crippen molar-refractivity contribution in [2.75, 3.05) is 6.54 Å². The van der Waals surface area contributed by atoms with Gasteiger partial charge in [-0.05, 0) is 43.5 Å². The molecule has 0 bridgehead atoms. The number of nitrogens with zero attached hydrogens (tertiary/aromatic N) is 1. The van der Waals surface area contributed by atoms with Gasteiger partial charge in [0.2, 0.25) is 0 Å². The summed E-state index contributed by atoms with van der Waals surface area (Å²) < 4.78 is 0. The van der Waals surface area contributed by atoms with E-state index in [4.69, 9.17) is 0 Å². The Kier molecular flexibility index (Phi) is 5.11. The summed E-state index contributed by atoms with van der Waals surface area (Å²) in [6.45, 7) is 7.65. The summed E-state index contributed by atoms with van der Waals surface area (Å²) in [5.41, 5.74) is 4.17. The van der Waals surface area contributed by atoms with Crippen molar-refractivity contribution in [2.24, 2.45) is 0 Å². The summed E-state index contributed by atoms with van der Waals surface area (Å²) in [6.07, 6.45) is 4.02. The van der Waals surface area contributed by atoms with Crippen molar-refractivity contribution in [3.63, 3.8) is 0 Å². The Morgan fingerprint density at radius 1 is 1.26 bits per heavy atom. The van der Waals surface area contributed by atoms with E-state index in [1.165, 1.54) is 21.7 Å². The molecule has 1 heterocycles. The highest BCUT2D eigenvalue weighted by molar-refractivity contribution is 7.09. The summed E-state index contributed by atoms with van der Waals surface area (Å²) in [4.78, 5) is 4.43. The molecule has 0 fully saturated rings. The zero-order valence-electron chi connectivity index (χ0n) is 11.9. The molecular formula is C16H22N2S. The molecule has 1 N–H and O–H groups in total. The van der Waals surface area contributed by atoms with E-state index >= 15 is 0 Å². The van der Waals surface area contributed by atoms with Crippen LogP contribution >= 0.6 is 11.3 Å². The van der Waals surface area contributed by atoms with Crippen molar-refractivity contribution in [2.45, 2.75) is 39.7 Å². The maximum Gasteiger partial charge on any atom is 0.0943 e. The van der Waals surface area contributed by atoms with Gasteiger partial charge in [0.1, 0.15) is 0 Å². The van der Waals surface area contributed by atoms with Gasteiger partial charge in [0.05, 0.1) is 5.01 Å². The number of hydrogen-bond donors (Lipinski definition) is 1. The first-order valence-electron chi connectivity index (χ1n) is 6.90. The van der Waals surface area contributed by atoms with E-state index in [9.17, 15) is 0 Å². The third-order valence-electron chi connectivity index (χ3n) is 3.39. The van der Waals surface area contributed by atoms with Gasteiger partial charge in [-0.25, -0.2) is 4.98 Å². The van der Waals surface area contributed by atoms with E-state index in [1.54, 1.807) is 11.3 Å². The monoisotopic (exact) mass is 274 g/mol. The second-order valence-corrected chi connectivity index (χ2v) is 5.92. The van der Waals surface area contributed by atoms with E-state index in [2.05, 4.69) is 54.7 Å². The number of hydrogen-bond acceptors (Lipinski definition) is 3. The quantitative estimate of drug-likeness (QED) is 0.860. The number of rotatable bonds is 6. The standard InChI is InChI=1S/C16H22N2S/c1-4-8-17-14(11-15-18-9-10-19-15)16-12(2)6-5-7-13(16)3/h5-7,9-10,14,17H,4,8,11H2,1-3H3. The summed E-state index contributed by atoms with van der Waals surface area (Å²) in [5.74, 6) is 0. The van der Waals surface area contributed by atoms with E-state index < -0.39 is 0 Å². The molecule has 0 spiro atoms. The lowest BCUT2D eigenvalue weighted by molar-refractivity contribution is 0.524. The molecule has 0 radical (unpaired) electrons. The molecule has 0 aliphatic rings. The van der Waals surface area contributed by atoms with Crippen LogP contribution in [0.25, 0.3) is 0 Å². The van der Waals surface area contributed by atoms with Crippen LogP contribution in [0.1, 0.15) is 41.1 Å². The Hall–Kier alpha value is -1.19. The summed E-state index contributed by atoms with van der Waals surface area (Å²) in [7, 11) is 0. The fraction of sp³-hybridized carbons (Fsp3) is 0.438. The van der Waals surface area contributed by atoms with E-state index in [1.807, 2.05) is 6.20 Å². The SMILES string of the molecule is CCCNC(Cc1nccs1)c1c(C)cccc1C. The van der Waals surface area contributed by atoms with Crippen LogP contribution < -0.4 is 5.32 Å². The van der Waals surface area contributed by atoms with Gasteiger partial charge in [-0.15, -0.1) is 11.3 Å². The second kappa shape index (κ2) is 6.83. The van der Waals surface area contributed by atoms with Gasteiger partial charge in [0.25, 0.3) is 0 Å². The molecule has 0 amide bonds. The lowest BCUT2D eigenvalue weighted by Crippen LogP contribution is -2.25. The van der Waals surface area contributed by atoms with Crippen LogP contribution in [-0.4, -0.2) is 11.5 Å². The lowest BCUT2D eigenvalue weighted by Gasteiger charge is -2.22. The van der Waals surface area contributed by atoms with E-state index in [-0.39, 0.29) is 0 Å². The molecule has 1 aromatic carbocycles. The largest absolute Gasteiger partial charge is 0.310 e. The van der Waals surface area contributed by atoms with Crippen molar-refractivity contribution in [1.29, 1.82) is 0 Å². The number of aryl methyl sites for hydroxylation is 2. The van der Waals surface area contributed by atoms with Gasteiger partial charge in [-0.3, -0.25) is 0 Å². The molecule has 102 valence electrons. The van der Waals surface area contributed by atoms with Gasteiger partial charge in [0.15, 0.2) is 0 Å². The Morgan fingerprint density at radius 3 is 2.58 bits per heavy atom. The molecule has 2 nitrogen and oxygen atoms in total. The van der Waals surface area contributed by atoms with Crippen LogP contribution in [0.5, 0.6) is 0 Å². The minimum atomic E-state index is 0.368. The minimum absolute atomic E-state index is 0.368. The summed E-state index contributed by atoms with van der Waals surface area (Å²) in [6, 6.07) is 6.90. The highest BCUT2D eigenvalue weighted by atomic mass is 32.1. The predicted octanol–water partition coefficient (Wildman–Crippen LogP) is 4.04. The molecule has 1 aromatic heterocycles. The van der Waals surface area contributed by atoms with E-state index in [0.717, 1.165) is 19.4 Å². The predicted molar refractivity (Wildman–Crippen MR) is 82.8 cm³/mol. The second-order valence-electron chi connectivity index (χ2n) is 4.94. The molecular weight excluding hydrogens is 252 g/mol. The first-order chi connectivity index (χ1) is 9.22. The minimum Gasteiger partial charge on any atom is -0.310 e. The maximum absolute atomic E-state index is 4.43. The van der Waals surface area contributed by atoms with Crippen molar-refractivity contribution < 1.29 is 0 Å². The average molecular weight is 274 g/mol. The highest BCUT2D eigenvalue weighted by Crippen LogP contribution is 2.25. The number of nitrogens with one attached hydrogen (secondary N) is 1. The molecule has 0 aliphatic carbocycles. The molecule has 1 unspecified atom stereocenters. The van der Waals surface area contributed by atoms with Gasteiger partial charge < -0.3 is 5.32 Å². The van der Waals surface area contributed by atoms with Crippen molar-refractivity contribution >= 4 is 11.3 Å². The van der Waals surface area contributed by atoms with Crippen LogP contribution in [0.3, 0.4) is 0 Å². The highest BCUT2D eigenvalue weighted by Gasteiger charge is 2.16. The summed E-state index contributed by atoms with van der Waals surface area (Å²) in [5, 5.41) is 6.93. The van der Waals surface area contributed by atoms with E-state index in [0.29, 0.717) is 6.04 Å². The smallest absolute Gasteiger partial charge is 0.0943 e. The van der Waals surface area contributed by atoms with Gasteiger partial charge >= 0.3 is 0 Å². The third-order valence-corrected chi connectivity index (χ3v) is 4.20. The Balaban J connectivity index is 2.26. The third kappa shape index (κ3) is 3.64. The molecule has 0 saturated carbocycles. The summed E-state index contributed by atoms with van der Waals surface area (Å²) >= 11 is 1.74. The first kappa shape index (κ1) is 14.2. The molecule has 0 saturated heterocycles. The normalized spacial score (nSPS) is 12.6. The van der Waals surface area contributed by atoms with Crippen molar-refractivity contribution in [3.8, 4) is 0 Å². The first-order valence-corrected chi connectivity index (χ1v) is 7.78. The van der Waals surface area contributed by atoms with Gasteiger partial charge in [-0.2, -0.15) is 0 Å². The van der Waals surface area contributed by atoms with Crippen LogP contribution in [-0.2, 0) is 6.42 Å². The van der Waals surface area contributed by atoms with Crippen LogP contribution in [0.2, 0.25) is 0 Å². The van der Waals surface area contributed by atoms with Crippen molar-refractivity contribution in [1.82, 2.24) is 10.3 Å². The zero-order chi connectivity index (χ0) is 13.7. The Bertz CT molecular complexity index is 485. The number of aromatic nitrogens is 1. The molecule has 19 heavy (non-hydrogen) atoms.